The zero-order chi connectivity index (χ0) is 25.4. The largest absolute Gasteiger partial charge is 0.339 e. The number of rotatable bonds is 2. The summed E-state index contributed by atoms with van der Waals surface area (Å²) in [7, 11) is 0. The number of benzene rings is 1. The van der Waals surface area contributed by atoms with Crippen LogP contribution in [0, 0.1) is 17.8 Å². The number of urea groups is 1. The van der Waals surface area contributed by atoms with Crippen molar-refractivity contribution in [1.29, 1.82) is 0 Å². The van der Waals surface area contributed by atoms with E-state index in [0.717, 1.165) is 24.0 Å². The zero-order valence-electron chi connectivity index (χ0n) is 20.2. The molecule has 1 aromatic carbocycles. The molecule has 10 nitrogen and oxygen atoms in total. The summed E-state index contributed by atoms with van der Waals surface area (Å²) < 4.78 is 0. The third-order valence-electron chi connectivity index (χ3n) is 7.43. The van der Waals surface area contributed by atoms with Gasteiger partial charge in [-0.2, -0.15) is 0 Å². The quantitative estimate of drug-likeness (QED) is 0.460. The molecule has 36 heavy (non-hydrogen) atoms. The summed E-state index contributed by atoms with van der Waals surface area (Å²) in [5, 5.41) is 5.31. The maximum Gasteiger partial charge on any atom is 0.317 e. The number of carbonyl (C=O) groups excluding carboxylic acids is 5. The van der Waals surface area contributed by atoms with Crippen LogP contribution in [0.5, 0.6) is 0 Å². The number of amides is 6. The van der Waals surface area contributed by atoms with Crippen LogP contribution in [0.2, 0.25) is 0 Å². The Morgan fingerprint density at radius 1 is 1.06 bits per heavy atom. The predicted molar refractivity (Wildman–Crippen MR) is 128 cm³/mol. The molecule has 10 heteroatoms. The van der Waals surface area contributed by atoms with Gasteiger partial charge >= 0.3 is 6.03 Å². The molecule has 0 spiro atoms. The van der Waals surface area contributed by atoms with Gasteiger partial charge in [0.25, 0.3) is 5.91 Å². The van der Waals surface area contributed by atoms with Crippen LogP contribution in [-0.2, 0) is 20.9 Å². The van der Waals surface area contributed by atoms with Gasteiger partial charge < -0.3 is 20.0 Å². The van der Waals surface area contributed by atoms with Crippen LogP contribution in [0.1, 0.15) is 54.1 Å². The highest BCUT2D eigenvalue weighted by Crippen LogP contribution is 2.29. The molecular formula is C26H29N5O5. The second-order valence-electron chi connectivity index (χ2n) is 9.83. The van der Waals surface area contributed by atoms with Gasteiger partial charge in [0.05, 0.1) is 6.04 Å². The summed E-state index contributed by atoms with van der Waals surface area (Å²) >= 11 is 0. The second-order valence-corrected chi connectivity index (χ2v) is 9.83. The van der Waals surface area contributed by atoms with Crippen LogP contribution >= 0.6 is 0 Å². The fourth-order valence-electron chi connectivity index (χ4n) is 5.20. The van der Waals surface area contributed by atoms with Crippen LogP contribution in [0.15, 0.2) is 18.2 Å². The first-order valence-corrected chi connectivity index (χ1v) is 12.4. The Balaban J connectivity index is 1.17. The van der Waals surface area contributed by atoms with Crippen molar-refractivity contribution in [3.05, 3.63) is 34.9 Å². The molecule has 188 valence electrons. The van der Waals surface area contributed by atoms with Crippen LogP contribution in [-0.4, -0.2) is 82.6 Å². The lowest BCUT2D eigenvalue weighted by Gasteiger charge is -2.40. The Kier molecular flexibility index (Phi) is 6.39. The second kappa shape index (κ2) is 9.64. The van der Waals surface area contributed by atoms with Crippen LogP contribution < -0.4 is 10.6 Å². The number of carbonyl (C=O) groups is 5. The van der Waals surface area contributed by atoms with Crippen LogP contribution in [0.3, 0.4) is 0 Å². The number of hydrogen-bond donors (Lipinski definition) is 2. The third kappa shape index (κ3) is 4.65. The van der Waals surface area contributed by atoms with Crippen molar-refractivity contribution in [2.75, 3.05) is 26.2 Å². The molecule has 6 amide bonds. The van der Waals surface area contributed by atoms with Gasteiger partial charge in [-0.1, -0.05) is 17.9 Å². The molecule has 4 aliphatic heterocycles. The van der Waals surface area contributed by atoms with Crippen LogP contribution in [0.4, 0.5) is 4.79 Å². The average Bonchev–Trinajstić information content (AvgIpc) is 3.16. The van der Waals surface area contributed by atoms with Crippen molar-refractivity contribution >= 4 is 29.7 Å². The van der Waals surface area contributed by atoms with E-state index in [1.165, 1.54) is 11.8 Å². The van der Waals surface area contributed by atoms with Gasteiger partial charge in [0.2, 0.25) is 17.7 Å². The van der Waals surface area contributed by atoms with E-state index in [9.17, 15) is 24.0 Å². The monoisotopic (exact) mass is 491 g/mol. The van der Waals surface area contributed by atoms with Gasteiger partial charge in [0.15, 0.2) is 0 Å². The first-order valence-electron chi connectivity index (χ1n) is 12.4. The standard InChI is InChI=1S/C26H29N5O5/c1-16(32)30-13-19(14-30)27-26(36)29-11-9-17(10-12-29)5-6-18-3-2-4-20-21(18)15-31(25(20)35)22-7-8-23(33)28-24(22)34/h2-4,17,19,22H,7-15H2,1H3,(H,27,36)(H,28,33,34). The Hall–Kier alpha value is -3.87. The first kappa shape index (κ1) is 23.9. The highest BCUT2D eigenvalue weighted by Gasteiger charge is 2.39. The number of likely N-dealkylation sites (tertiary alicyclic amines) is 2. The maximum absolute atomic E-state index is 13.0. The molecule has 0 saturated carbocycles. The highest BCUT2D eigenvalue weighted by atomic mass is 16.2. The first-order chi connectivity index (χ1) is 17.3. The molecule has 0 aliphatic carbocycles. The Morgan fingerprint density at radius 2 is 1.81 bits per heavy atom. The van der Waals surface area contributed by atoms with Crippen molar-refractivity contribution in [2.45, 2.75) is 51.2 Å². The highest BCUT2D eigenvalue weighted by molar-refractivity contribution is 6.05. The Morgan fingerprint density at radius 3 is 2.50 bits per heavy atom. The lowest BCUT2D eigenvalue weighted by molar-refractivity contribution is -0.137. The summed E-state index contributed by atoms with van der Waals surface area (Å²) in [6.45, 7) is 4.18. The molecule has 2 N–H and O–H groups in total. The van der Waals surface area contributed by atoms with E-state index in [4.69, 9.17) is 0 Å². The lowest BCUT2D eigenvalue weighted by atomic mass is 9.96. The van der Waals surface area contributed by atoms with E-state index in [-0.39, 0.29) is 42.1 Å². The van der Waals surface area contributed by atoms with E-state index in [1.54, 1.807) is 21.9 Å². The number of hydrogen-bond acceptors (Lipinski definition) is 5. The minimum absolute atomic E-state index is 0.0153. The van der Waals surface area contributed by atoms with E-state index in [2.05, 4.69) is 22.5 Å². The average molecular weight is 492 g/mol. The number of nitrogens with one attached hydrogen (secondary N) is 2. The molecule has 0 radical (unpaired) electrons. The zero-order valence-corrected chi connectivity index (χ0v) is 20.2. The van der Waals surface area contributed by atoms with E-state index >= 15 is 0 Å². The molecule has 3 fully saturated rings. The smallest absolute Gasteiger partial charge is 0.317 e. The van der Waals surface area contributed by atoms with Gasteiger partial charge in [0, 0.05) is 63.1 Å². The summed E-state index contributed by atoms with van der Waals surface area (Å²) in [4.78, 5) is 65.6. The van der Waals surface area contributed by atoms with Crippen molar-refractivity contribution in [3.63, 3.8) is 0 Å². The van der Waals surface area contributed by atoms with Crippen molar-refractivity contribution in [2.24, 2.45) is 5.92 Å². The number of fused-ring (bicyclic) bond motifs is 1. The van der Waals surface area contributed by atoms with E-state index in [0.29, 0.717) is 44.7 Å². The number of imide groups is 1. The summed E-state index contributed by atoms with van der Waals surface area (Å²) in [5.41, 5.74) is 2.14. The van der Waals surface area contributed by atoms with Gasteiger partial charge in [-0.3, -0.25) is 24.5 Å². The van der Waals surface area contributed by atoms with Crippen molar-refractivity contribution < 1.29 is 24.0 Å². The third-order valence-corrected chi connectivity index (χ3v) is 7.43. The molecule has 4 aliphatic rings. The van der Waals surface area contributed by atoms with Gasteiger partial charge in [-0.15, -0.1) is 0 Å². The molecule has 1 atom stereocenters. The summed E-state index contributed by atoms with van der Waals surface area (Å²) in [6.07, 6.45) is 2.08. The maximum atomic E-state index is 13.0. The summed E-state index contributed by atoms with van der Waals surface area (Å²) in [6, 6.07) is 4.71. The molecular weight excluding hydrogens is 462 g/mol. The van der Waals surface area contributed by atoms with Crippen molar-refractivity contribution in [1.82, 2.24) is 25.3 Å². The molecule has 1 aromatic rings. The van der Waals surface area contributed by atoms with Gasteiger partial charge in [0.1, 0.15) is 6.04 Å². The number of piperidine rings is 2. The topological polar surface area (TPSA) is 119 Å². The summed E-state index contributed by atoms with van der Waals surface area (Å²) in [5.74, 6) is 5.80. The lowest BCUT2D eigenvalue weighted by Crippen LogP contribution is -2.62. The Labute approximate surface area is 209 Å². The molecule has 0 aromatic heterocycles. The molecule has 4 heterocycles. The fourth-order valence-corrected chi connectivity index (χ4v) is 5.20. The molecule has 1 unspecified atom stereocenters. The fraction of sp³-hybridized carbons (Fsp3) is 0.500. The minimum atomic E-state index is -0.649. The van der Waals surface area contributed by atoms with Crippen molar-refractivity contribution in [3.8, 4) is 11.8 Å². The normalized spacial score (nSPS) is 22.4. The van der Waals surface area contributed by atoms with E-state index < -0.39 is 11.9 Å². The minimum Gasteiger partial charge on any atom is -0.339 e. The Bertz CT molecular complexity index is 1190. The van der Waals surface area contributed by atoms with E-state index in [1.807, 2.05) is 6.07 Å². The number of nitrogens with zero attached hydrogens (tertiary/aromatic N) is 3. The van der Waals surface area contributed by atoms with Crippen LogP contribution in [0.25, 0.3) is 0 Å². The predicted octanol–water partition coefficient (Wildman–Crippen LogP) is 0.451. The van der Waals surface area contributed by atoms with Gasteiger partial charge in [-0.05, 0) is 37.0 Å². The molecule has 0 bridgehead atoms. The molecule has 5 rings (SSSR count). The van der Waals surface area contributed by atoms with Gasteiger partial charge in [-0.25, -0.2) is 4.79 Å². The SMILES string of the molecule is CC(=O)N1CC(NC(=O)N2CCC(C#Cc3cccc4c3CN(C3CCC(=O)NC3=O)C4=O)CC2)C1. The molecule has 3 saturated heterocycles.